The summed E-state index contributed by atoms with van der Waals surface area (Å²) in [6, 6.07) is 7.24. The van der Waals surface area contributed by atoms with Gasteiger partial charge in [-0.3, -0.25) is 4.57 Å². The highest BCUT2D eigenvalue weighted by molar-refractivity contribution is 7.85. The molecule has 0 saturated heterocycles. The first-order chi connectivity index (χ1) is 5.47. The van der Waals surface area contributed by atoms with E-state index in [1.165, 1.54) is 6.66 Å². The first kappa shape index (κ1) is 9.63. The second-order valence-electron chi connectivity index (χ2n) is 2.65. The monoisotopic (exact) mass is 204 g/mol. The van der Waals surface area contributed by atoms with Crippen LogP contribution in [-0.2, 0) is 4.57 Å². The van der Waals surface area contributed by atoms with E-state index in [0.717, 1.165) is 5.56 Å². The highest BCUT2D eigenvalue weighted by atomic mass is 35.7. The molecule has 0 heterocycles. The van der Waals surface area contributed by atoms with Gasteiger partial charge in [0.1, 0.15) is 5.75 Å². The van der Waals surface area contributed by atoms with Crippen LogP contribution >= 0.6 is 18.0 Å². The van der Waals surface area contributed by atoms with E-state index >= 15 is 0 Å². The second kappa shape index (κ2) is 3.51. The van der Waals surface area contributed by atoms with Crippen molar-refractivity contribution in [1.82, 2.24) is 0 Å². The number of hydrogen-bond acceptors (Lipinski definition) is 2. The summed E-state index contributed by atoms with van der Waals surface area (Å²) in [5, 5.41) is 0. The molecule has 0 saturated carbocycles. The van der Waals surface area contributed by atoms with Gasteiger partial charge in [0.25, 0.3) is 0 Å². The lowest BCUT2D eigenvalue weighted by Crippen LogP contribution is -1.84. The first-order valence-electron chi connectivity index (χ1n) is 3.51. The molecule has 0 aliphatic heterocycles. The van der Waals surface area contributed by atoms with Gasteiger partial charge in [0.15, 0.2) is 0 Å². The smallest absolute Gasteiger partial charge is 0.333 e. The van der Waals surface area contributed by atoms with Crippen LogP contribution in [0.5, 0.6) is 5.75 Å². The fourth-order valence-corrected chi connectivity index (χ4v) is 1.52. The minimum atomic E-state index is -2.93. The summed E-state index contributed by atoms with van der Waals surface area (Å²) in [7, 11) is 0. The second-order valence-corrected chi connectivity index (χ2v) is 6.17. The highest BCUT2D eigenvalue weighted by Gasteiger charge is 2.11. The molecule has 0 bridgehead atoms. The normalized spacial score (nSPS) is 15.2. The highest BCUT2D eigenvalue weighted by Crippen LogP contribution is 2.48. The Hall–Kier alpha value is -0.460. The third-order valence-corrected chi connectivity index (χ3v) is 2.03. The van der Waals surface area contributed by atoms with Crippen molar-refractivity contribution in [3.63, 3.8) is 0 Å². The van der Waals surface area contributed by atoms with Crippen molar-refractivity contribution < 1.29 is 9.09 Å². The van der Waals surface area contributed by atoms with Crippen LogP contribution in [0.4, 0.5) is 0 Å². The van der Waals surface area contributed by atoms with E-state index in [4.69, 9.17) is 15.8 Å². The van der Waals surface area contributed by atoms with E-state index in [2.05, 4.69) is 0 Å². The van der Waals surface area contributed by atoms with Crippen LogP contribution in [0.2, 0.25) is 0 Å². The molecule has 0 aliphatic rings. The van der Waals surface area contributed by atoms with Crippen LogP contribution in [0.1, 0.15) is 5.56 Å². The van der Waals surface area contributed by atoms with Crippen molar-refractivity contribution in [2.45, 2.75) is 6.92 Å². The van der Waals surface area contributed by atoms with E-state index in [9.17, 15) is 4.57 Å². The number of halogens is 1. The van der Waals surface area contributed by atoms with Gasteiger partial charge in [-0.2, -0.15) is 0 Å². The maximum atomic E-state index is 11.0. The molecule has 0 radical (unpaired) electrons. The Morgan fingerprint density at radius 3 is 2.25 bits per heavy atom. The number of hydrogen-bond donors (Lipinski definition) is 0. The van der Waals surface area contributed by atoms with Gasteiger partial charge in [0.2, 0.25) is 0 Å². The quantitative estimate of drug-likeness (QED) is 0.690. The Bertz CT molecular complexity index is 301. The van der Waals surface area contributed by atoms with E-state index in [-0.39, 0.29) is 0 Å². The van der Waals surface area contributed by atoms with Gasteiger partial charge >= 0.3 is 6.72 Å². The molecule has 1 aromatic rings. The van der Waals surface area contributed by atoms with Crippen LogP contribution in [0.15, 0.2) is 24.3 Å². The van der Waals surface area contributed by atoms with E-state index in [0.29, 0.717) is 5.75 Å². The van der Waals surface area contributed by atoms with E-state index in [1.807, 2.05) is 19.1 Å². The predicted octanol–water partition coefficient (Wildman–Crippen LogP) is 3.44. The molecule has 0 N–H and O–H groups in total. The summed E-state index contributed by atoms with van der Waals surface area (Å²) < 4.78 is 16.0. The average Bonchev–Trinajstić information content (AvgIpc) is 1.91. The zero-order valence-corrected chi connectivity index (χ0v) is 8.60. The maximum Gasteiger partial charge on any atom is 0.333 e. The van der Waals surface area contributed by atoms with Gasteiger partial charge < -0.3 is 4.52 Å². The fraction of sp³-hybridized carbons (Fsp3) is 0.250. The fourth-order valence-electron chi connectivity index (χ4n) is 0.787. The SMILES string of the molecule is Cc1ccc(OP(C)(=O)Cl)cc1. The Labute approximate surface area is 76.7 Å². The Balaban J connectivity index is 2.78. The minimum Gasteiger partial charge on any atom is -0.433 e. The molecule has 1 unspecified atom stereocenters. The maximum absolute atomic E-state index is 11.0. The summed E-state index contributed by atoms with van der Waals surface area (Å²) in [6.07, 6.45) is 0. The van der Waals surface area contributed by atoms with Crippen molar-refractivity contribution in [3.8, 4) is 5.75 Å². The molecule has 1 atom stereocenters. The molecule has 0 aromatic heterocycles. The van der Waals surface area contributed by atoms with Crippen LogP contribution < -0.4 is 4.52 Å². The third kappa shape index (κ3) is 3.29. The van der Waals surface area contributed by atoms with Crippen molar-refractivity contribution in [3.05, 3.63) is 29.8 Å². The molecule has 0 amide bonds. The van der Waals surface area contributed by atoms with Gasteiger partial charge in [-0.25, -0.2) is 0 Å². The number of aryl methyl sites for hydroxylation is 1. The molecule has 0 spiro atoms. The third-order valence-electron chi connectivity index (χ3n) is 1.29. The van der Waals surface area contributed by atoms with Crippen LogP contribution in [0.3, 0.4) is 0 Å². The number of benzene rings is 1. The molecule has 12 heavy (non-hydrogen) atoms. The molecule has 2 nitrogen and oxygen atoms in total. The van der Waals surface area contributed by atoms with Crippen LogP contribution in [0, 0.1) is 6.92 Å². The van der Waals surface area contributed by atoms with Gasteiger partial charge in [-0.05, 0) is 30.3 Å². The van der Waals surface area contributed by atoms with Crippen LogP contribution in [-0.4, -0.2) is 6.66 Å². The van der Waals surface area contributed by atoms with Crippen molar-refractivity contribution in [1.29, 1.82) is 0 Å². The zero-order chi connectivity index (χ0) is 9.19. The zero-order valence-electron chi connectivity index (χ0n) is 6.95. The summed E-state index contributed by atoms with van der Waals surface area (Å²) in [6.45, 7) is 0.407. The lowest BCUT2D eigenvalue weighted by atomic mass is 10.2. The lowest BCUT2D eigenvalue weighted by molar-refractivity contribution is 0.504. The van der Waals surface area contributed by atoms with Crippen molar-refractivity contribution in [2.24, 2.45) is 0 Å². The van der Waals surface area contributed by atoms with Crippen molar-refractivity contribution in [2.75, 3.05) is 6.66 Å². The Kier molecular flexibility index (Phi) is 2.81. The summed E-state index contributed by atoms with van der Waals surface area (Å²) >= 11 is 5.44. The summed E-state index contributed by atoms with van der Waals surface area (Å²) in [5.74, 6) is 0.543. The van der Waals surface area contributed by atoms with Crippen molar-refractivity contribution >= 4 is 18.0 Å². The molecule has 0 fully saturated rings. The average molecular weight is 205 g/mol. The van der Waals surface area contributed by atoms with E-state index in [1.54, 1.807) is 12.1 Å². The minimum absolute atomic E-state index is 0.543. The molecular formula is C8H10ClO2P. The molecule has 1 rings (SSSR count). The molecular weight excluding hydrogens is 195 g/mol. The molecule has 4 heteroatoms. The first-order valence-corrected chi connectivity index (χ1v) is 6.48. The molecule has 1 aromatic carbocycles. The standard InChI is InChI=1S/C8H10ClO2P/c1-7-3-5-8(6-4-7)11-12(2,9)10/h3-6H,1-2H3. The van der Waals surface area contributed by atoms with Crippen LogP contribution in [0.25, 0.3) is 0 Å². The van der Waals surface area contributed by atoms with Gasteiger partial charge in [-0.15, -0.1) is 0 Å². The Morgan fingerprint density at radius 1 is 1.33 bits per heavy atom. The number of rotatable bonds is 2. The van der Waals surface area contributed by atoms with Gasteiger partial charge in [-0.1, -0.05) is 17.7 Å². The predicted molar refractivity (Wildman–Crippen MR) is 51.2 cm³/mol. The largest absolute Gasteiger partial charge is 0.433 e. The van der Waals surface area contributed by atoms with Gasteiger partial charge in [0.05, 0.1) is 0 Å². The summed E-state index contributed by atoms with van der Waals surface area (Å²) in [5.41, 5.74) is 1.13. The molecule has 0 aliphatic carbocycles. The summed E-state index contributed by atoms with van der Waals surface area (Å²) in [4.78, 5) is 0. The lowest BCUT2D eigenvalue weighted by Gasteiger charge is -2.07. The Morgan fingerprint density at radius 2 is 1.83 bits per heavy atom. The van der Waals surface area contributed by atoms with Gasteiger partial charge in [0, 0.05) is 6.66 Å². The molecule has 66 valence electrons. The topological polar surface area (TPSA) is 26.3 Å². The van der Waals surface area contributed by atoms with E-state index < -0.39 is 6.72 Å².